The van der Waals surface area contributed by atoms with Crippen molar-refractivity contribution < 1.29 is 19.7 Å². The summed E-state index contributed by atoms with van der Waals surface area (Å²) in [5, 5.41) is 20.9. The zero-order valence-electron chi connectivity index (χ0n) is 9.61. The van der Waals surface area contributed by atoms with E-state index in [0.29, 0.717) is 26.2 Å². The van der Waals surface area contributed by atoms with E-state index in [4.69, 9.17) is 9.84 Å². The Morgan fingerprint density at radius 2 is 2.19 bits per heavy atom. The maximum absolute atomic E-state index is 11.5. The number of likely N-dealkylation sites (tertiary alicyclic amines) is 1. The van der Waals surface area contributed by atoms with Gasteiger partial charge in [0.2, 0.25) is 0 Å². The number of likely N-dealkylation sites (N-methyl/N-ethyl adjacent to an activating group) is 1. The molecule has 0 unspecified atom stereocenters. The van der Waals surface area contributed by atoms with Crippen molar-refractivity contribution in [3.8, 4) is 0 Å². The van der Waals surface area contributed by atoms with Gasteiger partial charge in [-0.15, -0.1) is 0 Å². The molecule has 0 radical (unpaired) electrons. The number of ether oxygens (including phenoxy) is 1. The van der Waals surface area contributed by atoms with E-state index in [1.807, 2.05) is 11.8 Å². The van der Waals surface area contributed by atoms with E-state index in [1.54, 1.807) is 0 Å². The fourth-order valence-corrected chi connectivity index (χ4v) is 1.63. The Morgan fingerprint density at radius 1 is 1.50 bits per heavy atom. The van der Waals surface area contributed by atoms with Crippen molar-refractivity contribution in [2.24, 2.45) is 0 Å². The van der Waals surface area contributed by atoms with Gasteiger partial charge in [-0.05, 0) is 6.54 Å². The first-order valence-electron chi connectivity index (χ1n) is 5.54. The van der Waals surface area contributed by atoms with Gasteiger partial charge in [0.05, 0.1) is 19.8 Å². The molecule has 0 spiro atoms. The summed E-state index contributed by atoms with van der Waals surface area (Å²) in [5.74, 6) is -0.343. The first-order chi connectivity index (χ1) is 7.62. The molecule has 1 heterocycles. The Morgan fingerprint density at radius 3 is 2.75 bits per heavy atom. The maximum atomic E-state index is 11.5. The summed E-state index contributed by atoms with van der Waals surface area (Å²) in [6.07, 6.45) is 0. The molecule has 1 fully saturated rings. The number of rotatable bonds is 7. The number of nitrogens with zero attached hydrogens (tertiary/aromatic N) is 1. The fourth-order valence-electron chi connectivity index (χ4n) is 1.63. The summed E-state index contributed by atoms with van der Waals surface area (Å²) in [7, 11) is 0. The van der Waals surface area contributed by atoms with Crippen LogP contribution in [0.2, 0.25) is 0 Å². The number of hydrogen-bond donors (Lipinski definition) is 3. The molecule has 3 N–H and O–H groups in total. The van der Waals surface area contributed by atoms with Gasteiger partial charge in [0.15, 0.2) is 5.60 Å². The van der Waals surface area contributed by atoms with Crippen molar-refractivity contribution in [1.29, 1.82) is 0 Å². The van der Waals surface area contributed by atoms with Gasteiger partial charge in [-0.2, -0.15) is 0 Å². The molecule has 0 aromatic heterocycles. The molecule has 1 aliphatic heterocycles. The monoisotopic (exact) mass is 232 g/mol. The van der Waals surface area contributed by atoms with Crippen LogP contribution in [-0.2, 0) is 9.53 Å². The van der Waals surface area contributed by atoms with Crippen LogP contribution in [0.3, 0.4) is 0 Å². The smallest absolute Gasteiger partial charge is 0.254 e. The number of carbonyl (C=O) groups is 1. The minimum absolute atomic E-state index is 0.0245. The lowest BCUT2D eigenvalue weighted by molar-refractivity contribution is -0.159. The number of hydrogen-bond acceptors (Lipinski definition) is 5. The zero-order chi connectivity index (χ0) is 12.0. The normalized spacial score (nSPS) is 19.2. The van der Waals surface area contributed by atoms with Crippen molar-refractivity contribution in [1.82, 2.24) is 10.2 Å². The molecule has 1 aliphatic rings. The third-order valence-corrected chi connectivity index (χ3v) is 2.61. The quantitative estimate of drug-likeness (QED) is 0.450. The molecule has 0 aromatic rings. The largest absolute Gasteiger partial charge is 0.394 e. The van der Waals surface area contributed by atoms with Gasteiger partial charge in [0.1, 0.15) is 0 Å². The third kappa shape index (κ3) is 3.41. The average Bonchev–Trinajstić information content (AvgIpc) is 2.24. The molecule has 16 heavy (non-hydrogen) atoms. The molecule has 1 rings (SSSR count). The van der Waals surface area contributed by atoms with Crippen LogP contribution in [0.4, 0.5) is 0 Å². The fraction of sp³-hybridized carbons (Fsp3) is 0.900. The minimum atomic E-state index is -1.23. The van der Waals surface area contributed by atoms with Gasteiger partial charge < -0.3 is 20.3 Å². The molecule has 6 nitrogen and oxygen atoms in total. The van der Waals surface area contributed by atoms with E-state index in [9.17, 15) is 9.90 Å². The molecule has 0 aromatic carbocycles. The van der Waals surface area contributed by atoms with Crippen LogP contribution in [0.5, 0.6) is 0 Å². The summed E-state index contributed by atoms with van der Waals surface area (Å²) in [4.78, 5) is 13.5. The van der Waals surface area contributed by atoms with Crippen molar-refractivity contribution in [2.75, 3.05) is 46.0 Å². The number of aliphatic hydroxyl groups excluding tert-OH is 1. The molecule has 94 valence electrons. The highest BCUT2D eigenvalue weighted by Crippen LogP contribution is 2.19. The Bertz CT molecular complexity index is 229. The Labute approximate surface area is 95.2 Å². The van der Waals surface area contributed by atoms with Gasteiger partial charge in [-0.25, -0.2) is 0 Å². The minimum Gasteiger partial charge on any atom is -0.394 e. The lowest BCUT2D eigenvalue weighted by Gasteiger charge is -2.44. The molecule has 0 saturated carbocycles. The van der Waals surface area contributed by atoms with E-state index in [1.165, 1.54) is 0 Å². The molecular formula is C10H20N2O4. The highest BCUT2D eigenvalue weighted by Gasteiger charge is 2.46. The summed E-state index contributed by atoms with van der Waals surface area (Å²) in [6, 6.07) is 0. The van der Waals surface area contributed by atoms with Crippen molar-refractivity contribution >= 4 is 5.91 Å². The molecule has 0 bridgehead atoms. The summed E-state index contributed by atoms with van der Waals surface area (Å²) in [6.45, 7) is 4.56. The van der Waals surface area contributed by atoms with E-state index >= 15 is 0 Å². The number of aliphatic hydroxyl groups is 2. The van der Waals surface area contributed by atoms with Gasteiger partial charge in [0.25, 0.3) is 5.91 Å². The number of amides is 1. The lowest BCUT2D eigenvalue weighted by Crippen LogP contribution is -2.68. The van der Waals surface area contributed by atoms with E-state index in [-0.39, 0.29) is 19.1 Å². The van der Waals surface area contributed by atoms with E-state index < -0.39 is 5.60 Å². The summed E-state index contributed by atoms with van der Waals surface area (Å²) >= 11 is 0. The van der Waals surface area contributed by atoms with Crippen molar-refractivity contribution in [3.63, 3.8) is 0 Å². The number of β-amino-alcohol motifs (C(OH)–C–C–N with tert-alkyl or cyclic N) is 1. The second kappa shape index (κ2) is 6.15. The first-order valence-corrected chi connectivity index (χ1v) is 5.54. The zero-order valence-corrected chi connectivity index (χ0v) is 9.61. The SMILES string of the molecule is CCN1CC(O)(C(=O)NCCOCCO)C1. The van der Waals surface area contributed by atoms with Crippen LogP contribution in [0, 0.1) is 0 Å². The van der Waals surface area contributed by atoms with Crippen molar-refractivity contribution in [3.05, 3.63) is 0 Å². The van der Waals surface area contributed by atoms with Gasteiger partial charge in [-0.3, -0.25) is 9.69 Å². The summed E-state index contributed by atoms with van der Waals surface area (Å²) in [5.41, 5.74) is -1.23. The van der Waals surface area contributed by atoms with Crippen LogP contribution in [0.15, 0.2) is 0 Å². The van der Waals surface area contributed by atoms with E-state index in [2.05, 4.69) is 5.32 Å². The average molecular weight is 232 g/mol. The van der Waals surface area contributed by atoms with Gasteiger partial charge in [-0.1, -0.05) is 6.92 Å². The highest BCUT2D eigenvalue weighted by atomic mass is 16.5. The standard InChI is InChI=1S/C10H20N2O4/c1-2-12-7-10(15,8-12)9(14)11-3-5-16-6-4-13/h13,15H,2-8H2,1H3,(H,11,14). The van der Waals surface area contributed by atoms with Crippen LogP contribution >= 0.6 is 0 Å². The Kier molecular flexibility index (Phi) is 5.14. The molecule has 0 aliphatic carbocycles. The second-order valence-corrected chi connectivity index (χ2v) is 3.93. The predicted octanol–water partition coefficient (Wildman–Crippen LogP) is -1.82. The van der Waals surface area contributed by atoms with Crippen LogP contribution < -0.4 is 5.32 Å². The van der Waals surface area contributed by atoms with E-state index in [0.717, 1.165) is 6.54 Å². The lowest BCUT2D eigenvalue weighted by atomic mass is 9.93. The molecular weight excluding hydrogens is 212 g/mol. The second-order valence-electron chi connectivity index (χ2n) is 3.93. The maximum Gasteiger partial charge on any atom is 0.254 e. The Hall–Kier alpha value is -0.690. The molecule has 1 saturated heterocycles. The molecule has 0 atom stereocenters. The topological polar surface area (TPSA) is 82.0 Å². The number of nitrogens with one attached hydrogen (secondary N) is 1. The third-order valence-electron chi connectivity index (χ3n) is 2.61. The molecule has 1 amide bonds. The summed E-state index contributed by atoms with van der Waals surface area (Å²) < 4.78 is 4.98. The van der Waals surface area contributed by atoms with Gasteiger partial charge >= 0.3 is 0 Å². The van der Waals surface area contributed by atoms with Crippen LogP contribution in [-0.4, -0.2) is 72.6 Å². The number of carbonyl (C=O) groups excluding carboxylic acids is 1. The van der Waals surface area contributed by atoms with Gasteiger partial charge in [0, 0.05) is 19.6 Å². The first kappa shape index (κ1) is 13.4. The predicted molar refractivity (Wildman–Crippen MR) is 58.0 cm³/mol. The van der Waals surface area contributed by atoms with Crippen LogP contribution in [0.25, 0.3) is 0 Å². The van der Waals surface area contributed by atoms with Crippen LogP contribution in [0.1, 0.15) is 6.92 Å². The highest BCUT2D eigenvalue weighted by molar-refractivity contribution is 5.86. The Balaban J connectivity index is 2.11. The molecule has 6 heteroatoms. The van der Waals surface area contributed by atoms with Crippen molar-refractivity contribution in [2.45, 2.75) is 12.5 Å².